The van der Waals surface area contributed by atoms with Crippen LogP contribution in [0.2, 0.25) is 0 Å². The third kappa shape index (κ3) is 6.60. The van der Waals surface area contributed by atoms with E-state index >= 15 is 0 Å². The minimum Gasteiger partial charge on any atom is -0.508 e. The maximum atomic E-state index is 13.2. The highest BCUT2D eigenvalue weighted by atomic mass is 16.3. The number of aromatic hydroxyl groups is 2. The molecule has 0 aliphatic heterocycles. The van der Waals surface area contributed by atoms with E-state index in [2.05, 4.69) is 82.7 Å². The Kier molecular flexibility index (Phi) is 8.59. The number of hydrogen-bond donors (Lipinski definition) is 5. The summed E-state index contributed by atoms with van der Waals surface area (Å²) in [6, 6.07) is 33.1. The number of amides is 1. The molecule has 6 nitrogen and oxygen atoms in total. The average Bonchev–Trinajstić information content (AvgIpc) is 2.95. The Hall–Kier alpha value is -4.39. The van der Waals surface area contributed by atoms with Gasteiger partial charge in [0, 0.05) is 36.8 Å². The van der Waals surface area contributed by atoms with Crippen LogP contribution in [0.3, 0.4) is 0 Å². The van der Waals surface area contributed by atoms with E-state index in [1.165, 1.54) is 34.5 Å². The van der Waals surface area contributed by atoms with E-state index in [1.807, 2.05) is 25.2 Å². The molecule has 5 N–H and O–H groups in total. The molecule has 0 aromatic heterocycles. The number of carbonyl (C=O) groups excluding carboxylic acids is 1. The first-order valence-electron chi connectivity index (χ1n) is 13.7. The molecule has 40 heavy (non-hydrogen) atoms. The second-order valence-corrected chi connectivity index (χ2v) is 10.3. The number of rotatable bonds is 11. The number of benzene rings is 5. The van der Waals surface area contributed by atoms with E-state index in [1.54, 1.807) is 0 Å². The summed E-state index contributed by atoms with van der Waals surface area (Å²) in [7, 11) is 1.95. The Morgan fingerprint density at radius 1 is 0.675 bits per heavy atom. The summed E-state index contributed by atoms with van der Waals surface area (Å²) >= 11 is 0. The van der Waals surface area contributed by atoms with Crippen LogP contribution in [-0.2, 0) is 12.8 Å². The molecule has 0 fully saturated rings. The molecule has 5 aromatic rings. The second-order valence-electron chi connectivity index (χ2n) is 10.3. The van der Waals surface area contributed by atoms with Gasteiger partial charge in [0.2, 0.25) is 0 Å². The van der Waals surface area contributed by atoms with Crippen LogP contribution < -0.4 is 16.0 Å². The maximum Gasteiger partial charge on any atom is 0.251 e. The van der Waals surface area contributed by atoms with Crippen LogP contribution in [0.4, 0.5) is 0 Å². The largest absolute Gasteiger partial charge is 0.508 e. The van der Waals surface area contributed by atoms with Crippen LogP contribution in [0.1, 0.15) is 21.5 Å². The van der Waals surface area contributed by atoms with Gasteiger partial charge in [0.05, 0.1) is 0 Å². The van der Waals surface area contributed by atoms with Crippen LogP contribution in [0.5, 0.6) is 11.5 Å². The van der Waals surface area contributed by atoms with Crippen LogP contribution in [0, 0.1) is 0 Å². The number of carbonyl (C=O) groups is 1. The number of likely N-dealkylation sites (N-methyl/N-ethyl adjacent to an activating group) is 1. The molecule has 0 saturated heterocycles. The van der Waals surface area contributed by atoms with Crippen molar-refractivity contribution >= 4 is 27.5 Å². The van der Waals surface area contributed by atoms with Crippen molar-refractivity contribution in [1.82, 2.24) is 16.0 Å². The summed E-state index contributed by atoms with van der Waals surface area (Å²) in [6.07, 6.45) is 1.45. The molecule has 0 unspecified atom stereocenters. The number of hydrogen-bond acceptors (Lipinski definition) is 5. The Morgan fingerprint density at radius 2 is 1.20 bits per heavy atom. The first kappa shape index (κ1) is 27.2. The summed E-state index contributed by atoms with van der Waals surface area (Å²) in [4.78, 5) is 13.2. The summed E-state index contributed by atoms with van der Waals surface area (Å²) in [5, 5.41) is 34.8. The fraction of sp³-hybridized carbons (Fsp3) is 0.206. The molecule has 0 spiro atoms. The highest BCUT2D eigenvalue weighted by Gasteiger charge is 2.19. The van der Waals surface area contributed by atoms with E-state index in [0.29, 0.717) is 13.0 Å². The quantitative estimate of drug-likeness (QED) is 0.162. The van der Waals surface area contributed by atoms with Gasteiger partial charge in [-0.2, -0.15) is 0 Å². The Bertz CT molecular complexity index is 1590. The average molecular weight is 534 g/mol. The van der Waals surface area contributed by atoms with E-state index in [9.17, 15) is 15.0 Å². The topological polar surface area (TPSA) is 93.6 Å². The van der Waals surface area contributed by atoms with Gasteiger partial charge >= 0.3 is 0 Å². The first-order chi connectivity index (χ1) is 19.5. The van der Waals surface area contributed by atoms with Crippen LogP contribution in [0.25, 0.3) is 21.5 Å². The molecule has 1 amide bonds. The highest BCUT2D eigenvalue weighted by molar-refractivity contribution is 5.95. The number of phenolic OH excluding ortho intramolecular Hbond substituents is 2. The van der Waals surface area contributed by atoms with E-state index in [4.69, 9.17) is 0 Å². The van der Waals surface area contributed by atoms with Crippen molar-refractivity contribution in [3.8, 4) is 11.5 Å². The summed E-state index contributed by atoms with van der Waals surface area (Å²) in [5.41, 5.74) is 2.63. The monoisotopic (exact) mass is 533 g/mol. The molecule has 0 heterocycles. The fourth-order valence-corrected chi connectivity index (χ4v) is 5.41. The van der Waals surface area contributed by atoms with Crippen LogP contribution in [0.15, 0.2) is 103 Å². The first-order valence-corrected chi connectivity index (χ1v) is 13.7. The zero-order valence-electron chi connectivity index (χ0n) is 22.6. The molecular formula is C34H35N3O3. The van der Waals surface area contributed by atoms with Gasteiger partial charge in [-0.3, -0.25) is 4.79 Å². The maximum absolute atomic E-state index is 13.2. The zero-order valence-corrected chi connectivity index (χ0v) is 22.6. The minimum atomic E-state index is -0.350. The number of nitrogens with one attached hydrogen (secondary N) is 3. The molecule has 2 atom stereocenters. The molecule has 6 heteroatoms. The molecule has 204 valence electrons. The molecule has 0 aliphatic rings. The van der Waals surface area contributed by atoms with Gasteiger partial charge in [-0.1, -0.05) is 84.9 Å². The highest BCUT2D eigenvalue weighted by Crippen LogP contribution is 2.23. The summed E-state index contributed by atoms with van der Waals surface area (Å²) in [6.45, 7) is 1.30. The lowest BCUT2D eigenvalue weighted by atomic mass is 9.97. The van der Waals surface area contributed by atoms with Crippen molar-refractivity contribution in [2.75, 3.05) is 20.1 Å². The molecule has 0 saturated carbocycles. The van der Waals surface area contributed by atoms with Gasteiger partial charge in [-0.25, -0.2) is 0 Å². The number of fused-ring (bicyclic) bond motifs is 2. The second kappa shape index (κ2) is 12.6. The third-order valence-electron chi connectivity index (χ3n) is 7.30. The summed E-state index contributed by atoms with van der Waals surface area (Å²) < 4.78 is 0. The lowest BCUT2D eigenvalue weighted by molar-refractivity contribution is 0.0935. The minimum absolute atomic E-state index is 0.132. The van der Waals surface area contributed by atoms with Gasteiger partial charge < -0.3 is 26.2 Å². The van der Waals surface area contributed by atoms with Crippen LogP contribution in [-0.4, -0.2) is 48.3 Å². The normalized spacial score (nSPS) is 12.8. The molecule has 5 aromatic carbocycles. The van der Waals surface area contributed by atoms with E-state index in [0.717, 1.165) is 29.3 Å². The van der Waals surface area contributed by atoms with Crippen molar-refractivity contribution < 1.29 is 15.0 Å². The molecule has 0 bridgehead atoms. The van der Waals surface area contributed by atoms with E-state index < -0.39 is 0 Å². The SMILES string of the molecule is CNC[C@H](Cc1cccc2ccccc12)NC[C@@H](Cc1cccc2ccccc12)NC(=O)c1cc(O)cc(O)c1. The van der Waals surface area contributed by atoms with E-state index in [-0.39, 0.29) is 35.1 Å². The van der Waals surface area contributed by atoms with Crippen molar-refractivity contribution in [2.24, 2.45) is 0 Å². The van der Waals surface area contributed by atoms with Gasteiger partial charge in [-0.05, 0) is 64.7 Å². The lowest BCUT2D eigenvalue weighted by Gasteiger charge is -2.25. The van der Waals surface area contributed by atoms with Gasteiger partial charge in [-0.15, -0.1) is 0 Å². The van der Waals surface area contributed by atoms with Crippen molar-refractivity contribution in [3.05, 3.63) is 120 Å². The lowest BCUT2D eigenvalue weighted by Crippen LogP contribution is -2.48. The summed E-state index contributed by atoms with van der Waals surface area (Å²) in [5.74, 6) is -0.659. The Balaban J connectivity index is 1.38. The number of phenols is 2. The third-order valence-corrected chi connectivity index (χ3v) is 7.30. The molecule has 0 radical (unpaired) electrons. The molecule has 5 rings (SSSR count). The van der Waals surface area contributed by atoms with Gasteiger partial charge in [0.1, 0.15) is 11.5 Å². The fourth-order valence-electron chi connectivity index (χ4n) is 5.41. The van der Waals surface area contributed by atoms with Crippen molar-refractivity contribution in [1.29, 1.82) is 0 Å². The Morgan fingerprint density at radius 3 is 1.77 bits per heavy atom. The standard InChI is InChI=1S/C34H35N3O3/c1-35-21-28(16-25-12-6-10-23-8-2-4-14-32(23)25)36-22-29(37-34(40)27-18-30(38)20-31(39)19-27)17-26-13-7-11-24-9-3-5-15-33(24)26/h2-15,18-20,28-29,35-36,38-39H,16-17,21-22H2,1H3,(H,37,40)/t28-,29+/m0/s1. The predicted molar refractivity (Wildman–Crippen MR) is 162 cm³/mol. The Labute approximate surface area is 234 Å². The van der Waals surface area contributed by atoms with Crippen LogP contribution >= 0.6 is 0 Å². The molecule has 0 aliphatic carbocycles. The molecular weight excluding hydrogens is 498 g/mol. The zero-order chi connectivity index (χ0) is 27.9. The predicted octanol–water partition coefficient (Wildman–Crippen LogP) is 5.17. The smallest absolute Gasteiger partial charge is 0.251 e. The van der Waals surface area contributed by atoms with Gasteiger partial charge in [0.15, 0.2) is 0 Å². The van der Waals surface area contributed by atoms with Crippen molar-refractivity contribution in [2.45, 2.75) is 24.9 Å². The van der Waals surface area contributed by atoms with Crippen molar-refractivity contribution in [3.63, 3.8) is 0 Å². The van der Waals surface area contributed by atoms with Gasteiger partial charge in [0.25, 0.3) is 5.91 Å².